The molecule has 0 spiro atoms. The lowest BCUT2D eigenvalue weighted by Gasteiger charge is -2.08. The van der Waals surface area contributed by atoms with Gasteiger partial charge in [0.15, 0.2) is 0 Å². The quantitative estimate of drug-likeness (QED) is 0.715. The van der Waals surface area contributed by atoms with Gasteiger partial charge in [0, 0.05) is 15.0 Å². The van der Waals surface area contributed by atoms with Gasteiger partial charge in [0.2, 0.25) is 5.95 Å². The van der Waals surface area contributed by atoms with Crippen LogP contribution in [0.1, 0.15) is 0 Å². The molecule has 0 saturated carbocycles. The van der Waals surface area contributed by atoms with E-state index < -0.39 is 0 Å². The van der Waals surface area contributed by atoms with Crippen LogP contribution >= 0.6 is 47.8 Å². The Labute approximate surface area is 123 Å². The van der Waals surface area contributed by atoms with Crippen LogP contribution < -0.4 is 11.1 Å². The summed E-state index contributed by atoms with van der Waals surface area (Å²) in [6, 6.07) is 7.42. The Hall–Kier alpha value is -0.660. The van der Waals surface area contributed by atoms with Crippen LogP contribution in [0.2, 0.25) is 0 Å². The van der Waals surface area contributed by atoms with Crippen LogP contribution in [0, 0.1) is 0 Å². The van der Waals surface area contributed by atoms with E-state index in [2.05, 4.69) is 63.1 Å². The number of nitrogens with one attached hydrogen (secondary N) is 1. The van der Waals surface area contributed by atoms with Crippen LogP contribution in [0.25, 0.3) is 0 Å². The summed E-state index contributed by atoms with van der Waals surface area (Å²) in [7, 11) is 0. The minimum absolute atomic E-state index is 0.403. The molecule has 0 aliphatic carbocycles. The molecule has 2 aromatic rings. The summed E-state index contributed by atoms with van der Waals surface area (Å²) < 4.78 is 2.52. The summed E-state index contributed by atoms with van der Waals surface area (Å²) in [5.41, 5.74) is 6.50. The fraction of sp³-hybridized carbons (Fsp3) is 0. The summed E-state index contributed by atoms with van der Waals surface area (Å²) in [4.78, 5) is 8.27. The second-order valence-electron chi connectivity index (χ2n) is 3.19. The van der Waals surface area contributed by atoms with Crippen molar-refractivity contribution in [1.82, 2.24) is 9.97 Å². The van der Waals surface area contributed by atoms with Crippen molar-refractivity contribution in [2.75, 3.05) is 11.1 Å². The fourth-order valence-electron chi connectivity index (χ4n) is 1.20. The molecule has 88 valence electrons. The largest absolute Gasteiger partial charge is 0.383 e. The van der Waals surface area contributed by atoms with Gasteiger partial charge in [0.05, 0.1) is 5.69 Å². The smallest absolute Gasteiger partial charge is 0.230 e. The Morgan fingerprint density at radius 2 is 1.82 bits per heavy atom. The molecule has 0 amide bonds. The average Bonchev–Trinajstić information content (AvgIpc) is 2.22. The molecule has 0 aliphatic rings. The van der Waals surface area contributed by atoms with Gasteiger partial charge in [-0.1, -0.05) is 15.9 Å². The van der Waals surface area contributed by atoms with E-state index in [0.717, 1.165) is 14.6 Å². The van der Waals surface area contributed by atoms with Gasteiger partial charge in [0.1, 0.15) is 10.4 Å². The highest BCUT2D eigenvalue weighted by Gasteiger charge is 2.05. The standard InChI is InChI=1S/C10H7Br3N4/c11-5-1-2-6(12)7(3-5)15-10-16-8(13)4-9(14)17-10/h1-4H,(H3,14,15,16,17). The van der Waals surface area contributed by atoms with E-state index in [1.54, 1.807) is 6.07 Å². The minimum atomic E-state index is 0.403. The van der Waals surface area contributed by atoms with Crippen LogP contribution in [0.4, 0.5) is 17.5 Å². The number of halogens is 3. The van der Waals surface area contributed by atoms with Crippen LogP contribution in [0.5, 0.6) is 0 Å². The second-order valence-corrected chi connectivity index (χ2v) is 5.77. The van der Waals surface area contributed by atoms with Crippen molar-refractivity contribution >= 4 is 65.2 Å². The Bertz CT molecular complexity index is 539. The topological polar surface area (TPSA) is 63.8 Å². The third-order valence-corrected chi connectivity index (χ3v) is 3.48. The van der Waals surface area contributed by atoms with Gasteiger partial charge in [-0.15, -0.1) is 0 Å². The molecule has 7 heteroatoms. The van der Waals surface area contributed by atoms with Crippen LogP contribution in [-0.2, 0) is 0 Å². The molecule has 0 fully saturated rings. The molecule has 0 atom stereocenters. The van der Waals surface area contributed by atoms with Gasteiger partial charge in [-0.25, -0.2) is 4.98 Å². The monoisotopic (exact) mass is 420 g/mol. The van der Waals surface area contributed by atoms with Crippen molar-refractivity contribution in [2.24, 2.45) is 0 Å². The van der Waals surface area contributed by atoms with Crippen molar-refractivity contribution in [2.45, 2.75) is 0 Å². The van der Waals surface area contributed by atoms with E-state index in [1.807, 2.05) is 18.2 Å². The van der Waals surface area contributed by atoms with E-state index >= 15 is 0 Å². The lowest BCUT2D eigenvalue weighted by Crippen LogP contribution is -2.01. The van der Waals surface area contributed by atoms with E-state index in [9.17, 15) is 0 Å². The van der Waals surface area contributed by atoms with E-state index in [-0.39, 0.29) is 0 Å². The molecule has 0 saturated heterocycles. The fourth-order valence-corrected chi connectivity index (χ4v) is 2.31. The number of nitrogen functional groups attached to an aromatic ring is 1. The number of hydrogen-bond donors (Lipinski definition) is 2. The summed E-state index contributed by atoms with van der Waals surface area (Å²) in [5.74, 6) is 0.844. The van der Waals surface area contributed by atoms with Crippen molar-refractivity contribution < 1.29 is 0 Å². The van der Waals surface area contributed by atoms with Crippen LogP contribution in [-0.4, -0.2) is 9.97 Å². The Balaban J connectivity index is 2.34. The normalized spacial score (nSPS) is 10.3. The highest BCUT2D eigenvalue weighted by Crippen LogP contribution is 2.28. The van der Waals surface area contributed by atoms with Crippen molar-refractivity contribution in [1.29, 1.82) is 0 Å². The molecule has 4 nitrogen and oxygen atoms in total. The van der Waals surface area contributed by atoms with Gasteiger partial charge in [-0.05, 0) is 50.1 Å². The predicted octanol–water partition coefficient (Wildman–Crippen LogP) is 4.09. The van der Waals surface area contributed by atoms with Gasteiger partial charge < -0.3 is 11.1 Å². The van der Waals surface area contributed by atoms with Gasteiger partial charge in [0.25, 0.3) is 0 Å². The third kappa shape index (κ3) is 3.40. The molecule has 0 aliphatic heterocycles. The molecular weight excluding hydrogens is 416 g/mol. The zero-order valence-corrected chi connectivity index (χ0v) is 13.2. The van der Waals surface area contributed by atoms with Crippen molar-refractivity contribution in [3.05, 3.63) is 37.8 Å². The van der Waals surface area contributed by atoms with Crippen LogP contribution in [0.15, 0.2) is 37.8 Å². The van der Waals surface area contributed by atoms with E-state index in [0.29, 0.717) is 16.4 Å². The first-order valence-electron chi connectivity index (χ1n) is 4.57. The number of nitrogens with zero attached hydrogens (tertiary/aromatic N) is 2. The molecule has 1 aromatic carbocycles. The van der Waals surface area contributed by atoms with Crippen molar-refractivity contribution in [3.63, 3.8) is 0 Å². The zero-order chi connectivity index (χ0) is 12.4. The third-order valence-electron chi connectivity index (χ3n) is 1.89. The molecule has 2 rings (SSSR count). The van der Waals surface area contributed by atoms with Crippen LogP contribution in [0.3, 0.4) is 0 Å². The molecule has 0 bridgehead atoms. The second kappa shape index (κ2) is 5.32. The maximum Gasteiger partial charge on any atom is 0.230 e. The highest BCUT2D eigenvalue weighted by molar-refractivity contribution is 9.11. The summed E-state index contributed by atoms with van der Waals surface area (Å²) in [5, 5.41) is 3.09. The first-order chi connectivity index (χ1) is 8.04. The van der Waals surface area contributed by atoms with E-state index in [4.69, 9.17) is 5.73 Å². The maximum absolute atomic E-state index is 5.64. The molecule has 0 unspecified atom stereocenters. The molecule has 1 aromatic heterocycles. The number of anilines is 3. The predicted molar refractivity (Wildman–Crippen MR) is 79.3 cm³/mol. The summed E-state index contributed by atoms with van der Waals surface area (Å²) >= 11 is 10.1. The lowest BCUT2D eigenvalue weighted by atomic mass is 10.3. The molecule has 3 N–H and O–H groups in total. The Morgan fingerprint density at radius 3 is 2.53 bits per heavy atom. The number of rotatable bonds is 2. The first kappa shape index (κ1) is 12.8. The number of benzene rings is 1. The summed E-state index contributed by atoms with van der Waals surface area (Å²) in [6.07, 6.45) is 0. The summed E-state index contributed by atoms with van der Waals surface area (Å²) in [6.45, 7) is 0. The molecule has 1 heterocycles. The lowest BCUT2D eigenvalue weighted by molar-refractivity contribution is 1.15. The maximum atomic E-state index is 5.64. The van der Waals surface area contributed by atoms with Gasteiger partial charge in [-0.3, -0.25) is 0 Å². The van der Waals surface area contributed by atoms with Gasteiger partial charge in [-0.2, -0.15) is 4.98 Å². The highest BCUT2D eigenvalue weighted by atomic mass is 79.9. The number of aromatic nitrogens is 2. The molecule has 0 radical (unpaired) electrons. The average molecular weight is 423 g/mol. The SMILES string of the molecule is Nc1cc(Br)nc(Nc2cc(Br)ccc2Br)n1. The Morgan fingerprint density at radius 1 is 1.06 bits per heavy atom. The van der Waals surface area contributed by atoms with E-state index in [1.165, 1.54) is 0 Å². The number of nitrogens with two attached hydrogens (primary N) is 1. The molecule has 17 heavy (non-hydrogen) atoms. The Kier molecular flexibility index (Phi) is 4.01. The minimum Gasteiger partial charge on any atom is -0.383 e. The number of hydrogen-bond acceptors (Lipinski definition) is 4. The van der Waals surface area contributed by atoms with Crippen molar-refractivity contribution in [3.8, 4) is 0 Å². The van der Waals surface area contributed by atoms with Gasteiger partial charge >= 0.3 is 0 Å². The molecular formula is C10H7Br3N4. The first-order valence-corrected chi connectivity index (χ1v) is 6.94. The zero-order valence-electron chi connectivity index (χ0n) is 8.42.